The van der Waals surface area contributed by atoms with Crippen LogP contribution in [-0.2, 0) is 16.6 Å². The second kappa shape index (κ2) is 4.78. The van der Waals surface area contributed by atoms with Crippen LogP contribution in [0.25, 0.3) is 0 Å². The first-order chi connectivity index (χ1) is 8.83. The summed E-state index contributed by atoms with van der Waals surface area (Å²) in [7, 11) is -3.66. The number of hydrogen-bond acceptors (Lipinski definition) is 6. The van der Waals surface area contributed by atoms with E-state index in [9.17, 15) is 8.42 Å². The van der Waals surface area contributed by atoms with Gasteiger partial charge in [0.1, 0.15) is 16.3 Å². The molecular formula is C11H15N3O4S. The molecule has 0 aliphatic heterocycles. The molecule has 7 nitrogen and oxygen atoms in total. The van der Waals surface area contributed by atoms with E-state index in [1.807, 2.05) is 0 Å². The van der Waals surface area contributed by atoms with Crippen molar-refractivity contribution in [2.24, 2.45) is 0 Å². The molecule has 0 amide bonds. The van der Waals surface area contributed by atoms with Gasteiger partial charge >= 0.3 is 0 Å². The summed E-state index contributed by atoms with van der Waals surface area (Å²) in [6.07, 6.45) is 0. The minimum atomic E-state index is -3.66. The highest BCUT2D eigenvalue weighted by atomic mass is 32.2. The van der Waals surface area contributed by atoms with Gasteiger partial charge in [0.15, 0.2) is 5.76 Å². The number of rotatable bonds is 4. The molecule has 0 atom stereocenters. The molecule has 104 valence electrons. The molecule has 8 heteroatoms. The normalized spacial score (nSPS) is 12.0. The van der Waals surface area contributed by atoms with E-state index in [4.69, 9.17) is 9.05 Å². The minimum absolute atomic E-state index is 0.0826. The highest BCUT2D eigenvalue weighted by molar-refractivity contribution is 7.89. The van der Waals surface area contributed by atoms with Gasteiger partial charge in [-0.25, -0.2) is 13.1 Å². The first-order valence-electron chi connectivity index (χ1n) is 5.67. The maximum Gasteiger partial charge on any atom is 0.246 e. The van der Waals surface area contributed by atoms with Crippen molar-refractivity contribution in [3.63, 3.8) is 0 Å². The quantitative estimate of drug-likeness (QED) is 0.911. The van der Waals surface area contributed by atoms with E-state index in [-0.39, 0.29) is 17.2 Å². The van der Waals surface area contributed by atoms with Crippen LogP contribution in [-0.4, -0.2) is 18.7 Å². The third-order valence-electron chi connectivity index (χ3n) is 2.86. The van der Waals surface area contributed by atoms with Gasteiger partial charge in [-0.15, -0.1) is 0 Å². The second-order valence-corrected chi connectivity index (χ2v) is 5.98. The molecule has 0 aromatic carbocycles. The lowest BCUT2D eigenvalue weighted by Gasteiger charge is -2.05. The fourth-order valence-corrected chi connectivity index (χ4v) is 3.17. The fourth-order valence-electron chi connectivity index (χ4n) is 1.85. The van der Waals surface area contributed by atoms with Crippen LogP contribution in [0.3, 0.4) is 0 Å². The smallest absolute Gasteiger partial charge is 0.246 e. The highest BCUT2D eigenvalue weighted by Gasteiger charge is 2.24. The van der Waals surface area contributed by atoms with E-state index in [1.54, 1.807) is 27.7 Å². The van der Waals surface area contributed by atoms with Gasteiger partial charge in [0, 0.05) is 12.1 Å². The molecule has 0 aliphatic rings. The molecular weight excluding hydrogens is 270 g/mol. The summed E-state index contributed by atoms with van der Waals surface area (Å²) < 4.78 is 36.7. The van der Waals surface area contributed by atoms with E-state index in [2.05, 4.69) is 15.0 Å². The Kier molecular flexibility index (Phi) is 3.46. The van der Waals surface area contributed by atoms with Gasteiger partial charge in [-0.1, -0.05) is 10.3 Å². The molecule has 2 heterocycles. The lowest BCUT2D eigenvalue weighted by atomic mass is 10.2. The number of aromatic nitrogens is 2. The predicted octanol–water partition coefficient (Wildman–Crippen LogP) is 1.37. The third-order valence-corrected chi connectivity index (χ3v) is 4.50. The van der Waals surface area contributed by atoms with Crippen LogP contribution in [0.1, 0.15) is 28.5 Å². The SMILES string of the molecule is Cc1noc(C)c1CNS(=O)(=O)c1c(C)noc1C. The number of aryl methyl sites for hydroxylation is 4. The average molecular weight is 285 g/mol. The Morgan fingerprint density at radius 2 is 1.58 bits per heavy atom. The fraction of sp³-hybridized carbons (Fsp3) is 0.455. The maximum absolute atomic E-state index is 12.2. The largest absolute Gasteiger partial charge is 0.361 e. The number of sulfonamides is 1. The summed E-state index contributed by atoms with van der Waals surface area (Å²) in [6.45, 7) is 6.76. The molecule has 0 radical (unpaired) electrons. The number of nitrogens with zero attached hydrogens (tertiary/aromatic N) is 2. The molecule has 0 saturated carbocycles. The molecule has 19 heavy (non-hydrogen) atoms. The van der Waals surface area contributed by atoms with Crippen molar-refractivity contribution in [1.82, 2.24) is 15.0 Å². The van der Waals surface area contributed by atoms with E-state index in [0.717, 1.165) is 5.56 Å². The van der Waals surface area contributed by atoms with Crippen molar-refractivity contribution in [1.29, 1.82) is 0 Å². The number of nitrogens with one attached hydrogen (secondary N) is 1. The minimum Gasteiger partial charge on any atom is -0.361 e. The van der Waals surface area contributed by atoms with Crippen LogP contribution >= 0.6 is 0 Å². The van der Waals surface area contributed by atoms with Gasteiger partial charge in [-0.3, -0.25) is 0 Å². The van der Waals surface area contributed by atoms with Crippen molar-refractivity contribution in [2.75, 3.05) is 0 Å². The summed E-state index contributed by atoms with van der Waals surface area (Å²) in [5.74, 6) is 0.864. The standard InChI is InChI=1S/C11H15N3O4S/c1-6-10(8(3)17-13-6)5-12-19(15,16)11-7(2)14-18-9(11)4/h12H,5H2,1-4H3. The second-order valence-electron chi connectivity index (χ2n) is 4.28. The van der Waals surface area contributed by atoms with Gasteiger partial charge < -0.3 is 9.05 Å². The zero-order chi connectivity index (χ0) is 14.2. The van der Waals surface area contributed by atoms with E-state index < -0.39 is 10.0 Å². The van der Waals surface area contributed by atoms with Crippen LogP contribution in [0.5, 0.6) is 0 Å². The van der Waals surface area contributed by atoms with Gasteiger partial charge in [-0.2, -0.15) is 0 Å². The van der Waals surface area contributed by atoms with Crippen molar-refractivity contribution >= 4 is 10.0 Å². The molecule has 1 N–H and O–H groups in total. The first-order valence-corrected chi connectivity index (χ1v) is 7.15. The number of hydrogen-bond donors (Lipinski definition) is 1. The van der Waals surface area contributed by atoms with Crippen LogP contribution in [0.15, 0.2) is 13.9 Å². The Labute approximate surface area is 111 Å². The van der Waals surface area contributed by atoms with Gasteiger partial charge in [0.2, 0.25) is 10.0 Å². The maximum atomic E-state index is 12.2. The monoisotopic (exact) mass is 285 g/mol. The molecule has 2 aromatic rings. The van der Waals surface area contributed by atoms with Gasteiger partial charge in [-0.05, 0) is 27.7 Å². The van der Waals surface area contributed by atoms with E-state index >= 15 is 0 Å². The molecule has 0 saturated heterocycles. The predicted molar refractivity (Wildman–Crippen MR) is 66.0 cm³/mol. The average Bonchev–Trinajstić information content (AvgIpc) is 2.81. The van der Waals surface area contributed by atoms with Crippen LogP contribution < -0.4 is 4.72 Å². The molecule has 2 rings (SSSR count). The molecule has 2 aromatic heterocycles. The third kappa shape index (κ3) is 2.54. The zero-order valence-electron chi connectivity index (χ0n) is 11.1. The van der Waals surface area contributed by atoms with Crippen LogP contribution in [0, 0.1) is 27.7 Å². The van der Waals surface area contributed by atoms with Gasteiger partial charge in [0.25, 0.3) is 0 Å². The van der Waals surface area contributed by atoms with Crippen molar-refractivity contribution in [3.05, 3.63) is 28.5 Å². The van der Waals surface area contributed by atoms with Crippen LogP contribution in [0.4, 0.5) is 0 Å². The topological polar surface area (TPSA) is 98.2 Å². The zero-order valence-corrected chi connectivity index (χ0v) is 12.0. The van der Waals surface area contributed by atoms with Crippen LogP contribution in [0.2, 0.25) is 0 Å². The molecule has 0 spiro atoms. The van der Waals surface area contributed by atoms with Crippen molar-refractivity contribution < 1.29 is 17.5 Å². The Hall–Kier alpha value is -1.67. The Balaban J connectivity index is 2.24. The van der Waals surface area contributed by atoms with Crippen molar-refractivity contribution in [2.45, 2.75) is 39.1 Å². The Bertz CT molecular complexity index is 661. The Morgan fingerprint density at radius 1 is 1.00 bits per heavy atom. The van der Waals surface area contributed by atoms with Crippen molar-refractivity contribution in [3.8, 4) is 0 Å². The highest BCUT2D eigenvalue weighted by Crippen LogP contribution is 2.19. The first kappa shape index (κ1) is 13.8. The summed E-state index contributed by atoms with van der Waals surface area (Å²) in [6, 6.07) is 0. The lowest BCUT2D eigenvalue weighted by Crippen LogP contribution is -2.24. The summed E-state index contributed by atoms with van der Waals surface area (Å²) in [5, 5.41) is 7.41. The lowest BCUT2D eigenvalue weighted by molar-refractivity contribution is 0.390. The summed E-state index contributed by atoms with van der Waals surface area (Å²) in [5.41, 5.74) is 1.73. The summed E-state index contributed by atoms with van der Waals surface area (Å²) in [4.78, 5) is 0.0826. The molecule has 0 unspecified atom stereocenters. The van der Waals surface area contributed by atoms with E-state index in [1.165, 1.54) is 0 Å². The molecule has 0 aliphatic carbocycles. The molecule has 0 bridgehead atoms. The molecule has 0 fully saturated rings. The Morgan fingerprint density at radius 3 is 2.05 bits per heavy atom. The summed E-state index contributed by atoms with van der Waals surface area (Å²) >= 11 is 0. The van der Waals surface area contributed by atoms with E-state index in [0.29, 0.717) is 17.1 Å². The van der Waals surface area contributed by atoms with Gasteiger partial charge in [0.05, 0.1) is 5.69 Å².